The molecule has 0 radical (unpaired) electrons. The molecule has 1 heterocycles. The van der Waals surface area contributed by atoms with Gasteiger partial charge in [0.25, 0.3) is 0 Å². The molecule has 16 heavy (non-hydrogen) atoms. The highest BCUT2D eigenvalue weighted by Gasteiger charge is 2.15. The SMILES string of the molecule is CCOC(OCC)c1ccc(C(=O)CC)s1. The summed E-state index contributed by atoms with van der Waals surface area (Å²) in [5.74, 6) is 0.169. The van der Waals surface area contributed by atoms with Crippen LogP contribution in [0.2, 0.25) is 0 Å². The molecule has 90 valence electrons. The van der Waals surface area contributed by atoms with Crippen molar-refractivity contribution < 1.29 is 14.3 Å². The molecule has 1 aromatic heterocycles. The van der Waals surface area contributed by atoms with Crippen molar-refractivity contribution in [3.63, 3.8) is 0 Å². The Morgan fingerprint density at radius 1 is 1.25 bits per heavy atom. The van der Waals surface area contributed by atoms with Gasteiger partial charge in [-0.2, -0.15) is 0 Å². The summed E-state index contributed by atoms with van der Waals surface area (Å²) in [6.45, 7) is 6.92. The van der Waals surface area contributed by atoms with Crippen LogP contribution in [0.4, 0.5) is 0 Å². The fraction of sp³-hybridized carbons (Fsp3) is 0.583. The zero-order valence-corrected chi connectivity index (χ0v) is 10.8. The van der Waals surface area contributed by atoms with E-state index < -0.39 is 0 Å². The largest absolute Gasteiger partial charge is 0.348 e. The first kappa shape index (κ1) is 13.4. The minimum absolute atomic E-state index is 0.169. The zero-order valence-electron chi connectivity index (χ0n) is 9.99. The van der Waals surface area contributed by atoms with Gasteiger partial charge >= 0.3 is 0 Å². The van der Waals surface area contributed by atoms with E-state index in [1.807, 2.05) is 32.9 Å². The Kier molecular flexibility index (Phi) is 5.66. The summed E-state index contributed by atoms with van der Waals surface area (Å²) in [5, 5.41) is 0. The van der Waals surface area contributed by atoms with Gasteiger partial charge in [-0.25, -0.2) is 0 Å². The van der Waals surface area contributed by atoms with E-state index in [1.165, 1.54) is 11.3 Å². The molecule has 0 aliphatic carbocycles. The third-order valence-electron chi connectivity index (χ3n) is 2.09. The van der Waals surface area contributed by atoms with Gasteiger partial charge in [0.15, 0.2) is 12.1 Å². The van der Waals surface area contributed by atoms with E-state index in [1.54, 1.807) is 0 Å². The third-order valence-corrected chi connectivity index (χ3v) is 3.24. The Morgan fingerprint density at radius 2 is 1.88 bits per heavy atom. The second-order valence-electron chi connectivity index (χ2n) is 3.22. The molecule has 0 atom stereocenters. The molecule has 1 rings (SSSR count). The number of thiophene rings is 1. The molecule has 0 aliphatic rings. The van der Waals surface area contributed by atoms with Crippen LogP contribution in [0, 0.1) is 0 Å². The summed E-state index contributed by atoms with van der Waals surface area (Å²) >= 11 is 1.45. The molecule has 4 heteroatoms. The highest BCUT2D eigenvalue weighted by Crippen LogP contribution is 2.27. The van der Waals surface area contributed by atoms with Gasteiger partial charge in [-0.3, -0.25) is 4.79 Å². The van der Waals surface area contributed by atoms with Crippen molar-refractivity contribution in [1.82, 2.24) is 0 Å². The monoisotopic (exact) mass is 242 g/mol. The average molecular weight is 242 g/mol. The standard InChI is InChI=1S/C12H18O3S/c1-4-9(13)10-7-8-11(16-10)12(14-5-2)15-6-3/h7-8,12H,4-6H2,1-3H3. The van der Waals surface area contributed by atoms with Crippen LogP contribution >= 0.6 is 11.3 Å². The maximum absolute atomic E-state index is 11.5. The number of hydrogen-bond acceptors (Lipinski definition) is 4. The van der Waals surface area contributed by atoms with Gasteiger partial charge in [-0.15, -0.1) is 11.3 Å². The number of hydrogen-bond donors (Lipinski definition) is 0. The molecule has 3 nitrogen and oxygen atoms in total. The molecule has 0 saturated heterocycles. The van der Waals surface area contributed by atoms with Crippen molar-refractivity contribution >= 4 is 17.1 Å². The molecule has 0 N–H and O–H groups in total. The molecule has 0 aliphatic heterocycles. The van der Waals surface area contributed by atoms with E-state index in [4.69, 9.17) is 9.47 Å². The summed E-state index contributed by atoms with van der Waals surface area (Å²) in [4.78, 5) is 13.2. The topological polar surface area (TPSA) is 35.5 Å². The highest BCUT2D eigenvalue weighted by atomic mass is 32.1. The first-order valence-electron chi connectivity index (χ1n) is 5.59. The minimum atomic E-state index is -0.335. The molecular weight excluding hydrogens is 224 g/mol. The van der Waals surface area contributed by atoms with Crippen LogP contribution in [-0.2, 0) is 9.47 Å². The Morgan fingerprint density at radius 3 is 2.38 bits per heavy atom. The summed E-state index contributed by atoms with van der Waals surface area (Å²) in [5.41, 5.74) is 0. The molecule has 1 aromatic rings. The van der Waals surface area contributed by atoms with Crippen molar-refractivity contribution in [1.29, 1.82) is 0 Å². The fourth-order valence-corrected chi connectivity index (χ4v) is 2.34. The van der Waals surface area contributed by atoms with Crippen molar-refractivity contribution in [3.8, 4) is 0 Å². The van der Waals surface area contributed by atoms with E-state index in [2.05, 4.69) is 0 Å². The van der Waals surface area contributed by atoms with E-state index in [-0.39, 0.29) is 12.1 Å². The molecule has 0 aromatic carbocycles. The third kappa shape index (κ3) is 3.40. The predicted molar refractivity (Wildman–Crippen MR) is 64.9 cm³/mol. The summed E-state index contributed by atoms with van der Waals surface area (Å²) in [7, 11) is 0. The molecule has 0 saturated carbocycles. The van der Waals surface area contributed by atoms with E-state index in [0.717, 1.165) is 9.75 Å². The van der Waals surface area contributed by atoms with Gasteiger partial charge < -0.3 is 9.47 Å². The van der Waals surface area contributed by atoms with Crippen LogP contribution in [0.15, 0.2) is 12.1 Å². The second kappa shape index (κ2) is 6.78. The molecule has 0 fully saturated rings. The summed E-state index contributed by atoms with van der Waals surface area (Å²) < 4.78 is 10.9. The Labute approximate surface area is 100 Å². The van der Waals surface area contributed by atoms with Crippen molar-refractivity contribution in [3.05, 3.63) is 21.9 Å². The number of rotatable bonds is 7. The van der Waals surface area contributed by atoms with Crippen molar-refractivity contribution in [2.24, 2.45) is 0 Å². The van der Waals surface area contributed by atoms with Gasteiger partial charge in [0, 0.05) is 19.6 Å². The van der Waals surface area contributed by atoms with Crippen molar-refractivity contribution in [2.45, 2.75) is 33.5 Å². The fourth-order valence-electron chi connectivity index (χ4n) is 1.32. The lowest BCUT2D eigenvalue weighted by Gasteiger charge is -2.14. The smallest absolute Gasteiger partial charge is 0.193 e. The minimum Gasteiger partial charge on any atom is -0.348 e. The van der Waals surface area contributed by atoms with Crippen LogP contribution < -0.4 is 0 Å². The lowest BCUT2D eigenvalue weighted by Crippen LogP contribution is -2.06. The van der Waals surface area contributed by atoms with Crippen molar-refractivity contribution in [2.75, 3.05) is 13.2 Å². The van der Waals surface area contributed by atoms with Crippen LogP contribution in [-0.4, -0.2) is 19.0 Å². The highest BCUT2D eigenvalue weighted by molar-refractivity contribution is 7.14. The number of Topliss-reactive ketones (excluding diaryl/α,β-unsaturated/α-hetero) is 1. The molecule has 0 bridgehead atoms. The van der Waals surface area contributed by atoms with Gasteiger partial charge in [0.1, 0.15) is 0 Å². The Bertz CT molecular complexity index is 327. The van der Waals surface area contributed by atoms with Gasteiger partial charge in [-0.05, 0) is 26.0 Å². The van der Waals surface area contributed by atoms with Crippen LogP contribution in [0.5, 0.6) is 0 Å². The van der Waals surface area contributed by atoms with Gasteiger partial charge in [0.2, 0.25) is 0 Å². The van der Waals surface area contributed by atoms with Crippen LogP contribution in [0.3, 0.4) is 0 Å². The Balaban J connectivity index is 2.76. The van der Waals surface area contributed by atoms with Gasteiger partial charge in [-0.1, -0.05) is 6.92 Å². The van der Waals surface area contributed by atoms with E-state index in [9.17, 15) is 4.79 Å². The predicted octanol–water partition coefficient (Wildman–Crippen LogP) is 3.41. The first-order chi connectivity index (χ1) is 7.72. The Hall–Kier alpha value is -0.710. The maximum atomic E-state index is 11.5. The number of ketones is 1. The zero-order chi connectivity index (χ0) is 12.0. The number of carbonyl (C=O) groups is 1. The summed E-state index contributed by atoms with van der Waals surface area (Å²) in [6.07, 6.45) is 0.201. The second-order valence-corrected chi connectivity index (χ2v) is 4.34. The summed E-state index contributed by atoms with van der Waals surface area (Å²) in [6, 6.07) is 3.75. The number of carbonyl (C=O) groups excluding carboxylic acids is 1. The molecule has 0 amide bonds. The molecule has 0 unspecified atom stereocenters. The lowest BCUT2D eigenvalue weighted by molar-refractivity contribution is -0.138. The van der Waals surface area contributed by atoms with Gasteiger partial charge in [0.05, 0.1) is 9.75 Å². The van der Waals surface area contributed by atoms with Crippen LogP contribution in [0.25, 0.3) is 0 Å². The quantitative estimate of drug-likeness (QED) is 0.543. The lowest BCUT2D eigenvalue weighted by atomic mass is 10.2. The average Bonchev–Trinajstić information content (AvgIpc) is 2.77. The number of ether oxygens (including phenoxy) is 2. The van der Waals surface area contributed by atoms with E-state index >= 15 is 0 Å². The van der Waals surface area contributed by atoms with Crippen LogP contribution in [0.1, 0.15) is 48.0 Å². The molecular formula is C12H18O3S. The maximum Gasteiger partial charge on any atom is 0.193 e. The van der Waals surface area contributed by atoms with E-state index in [0.29, 0.717) is 19.6 Å². The molecule has 0 spiro atoms. The first-order valence-corrected chi connectivity index (χ1v) is 6.40. The normalized spacial score (nSPS) is 11.0.